The van der Waals surface area contributed by atoms with Gasteiger partial charge in [-0.05, 0) is 37.3 Å². The monoisotopic (exact) mass is 396 g/mol. The van der Waals surface area contributed by atoms with Gasteiger partial charge in [-0.25, -0.2) is 0 Å². The number of nitriles is 1. The third-order valence-electron chi connectivity index (χ3n) is 6.43. The predicted molar refractivity (Wildman–Crippen MR) is 104 cm³/mol. The van der Waals surface area contributed by atoms with Crippen molar-refractivity contribution in [3.8, 4) is 6.07 Å². The quantitative estimate of drug-likeness (QED) is 0.727. The number of hydrogen-bond acceptors (Lipinski definition) is 5. The van der Waals surface area contributed by atoms with Crippen LogP contribution in [0.25, 0.3) is 0 Å². The van der Waals surface area contributed by atoms with Crippen LogP contribution in [0.5, 0.6) is 0 Å². The zero-order valence-electron chi connectivity index (χ0n) is 16.3. The first-order valence-corrected chi connectivity index (χ1v) is 9.93. The largest absolute Gasteiger partial charge is 0.381 e. The number of carbonyl (C=O) groups is 3. The van der Waals surface area contributed by atoms with E-state index in [4.69, 9.17) is 4.74 Å². The number of carbonyl (C=O) groups excluding carboxylic acids is 3. The van der Waals surface area contributed by atoms with Crippen LogP contribution in [-0.2, 0) is 24.5 Å². The van der Waals surface area contributed by atoms with Crippen molar-refractivity contribution in [3.63, 3.8) is 0 Å². The lowest BCUT2D eigenvalue weighted by Crippen LogP contribution is -2.49. The van der Waals surface area contributed by atoms with E-state index in [1.807, 2.05) is 18.2 Å². The van der Waals surface area contributed by atoms with E-state index in [-0.39, 0.29) is 31.0 Å². The Morgan fingerprint density at radius 2 is 2.00 bits per heavy atom. The second-order valence-corrected chi connectivity index (χ2v) is 8.05. The summed E-state index contributed by atoms with van der Waals surface area (Å²) in [6, 6.07) is 8.49. The zero-order chi connectivity index (χ0) is 20.6. The van der Waals surface area contributed by atoms with Crippen molar-refractivity contribution in [2.75, 3.05) is 19.0 Å². The summed E-state index contributed by atoms with van der Waals surface area (Å²) >= 11 is 0. The molecule has 2 fully saturated rings. The number of fused-ring (bicyclic) bond motifs is 2. The van der Waals surface area contributed by atoms with Gasteiger partial charge >= 0.3 is 11.8 Å². The smallest absolute Gasteiger partial charge is 0.313 e. The number of nitrogens with zero attached hydrogens (tertiary/aromatic N) is 2. The Labute approximate surface area is 169 Å². The van der Waals surface area contributed by atoms with Gasteiger partial charge in [-0.2, -0.15) is 5.26 Å². The molecule has 1 spiro atoms. The maximum absolute atomic E-state index is 12.9. The van der Waals surface area contributed by atoms with Crippen molar-refractivity contribution in [2.24, 2.45) is 0 Å². The lowest BCUT2D eigenvalue weighted by molar-refractivity contribution is -0.146. The van der Waals surface area contributed by atoms with E-state index >= 15 is 0 Å². The fourth-order valence-electron chi connectivity index (χ4n) is 4.79. The SMILES string of the molecule is COC1CCC(NC(=O)C(=O)N2C[C@]3(C[C@H]2C#N)C(=O)Nc2ccccc23)CC1. The number of nitrogens with one attached hydrogen (secondary N) is 2. The first-order chi connectivity index (χ1) is 14.0. The summed E-state index contributed by atoms with van der Waals surface area (Å²) in [5.74, 6) is -1.69. The molecule has 1 aromatic rings. The van der Waals surface area contributed by atoms with Crippen LogP contribution >= 0.6 is 0 Å². The molecule has 4 rings (SSSR count). The van der Waals surface area contributed by atoms with E-state index in [9.17, 15) is 19.6 Å². The standard InChI is InChI=1S/C21H24N4O4/c1-29-15-8-6-13(7-9-15)23-18(26)19(27)25-12-21(10-14(25)11-22)16-4-2-3-5-17(16)24-20(21)28/h2-5,13-15H,6-10,12H2,1H3,(H,23,26)(H,24,28)/t13?,14-,15?,21-/m0/s1. The van der Waals surface area contributed by atoms with E-state index in [2.05, 4.69) is 16.7 Å². The van der Waals surface area contributed by atoms with Gasteiger partial charge in [0.05, 0.1) is 17.6 Å². The lowest BCUT2D eigenvalue weighted by atomic mass is 9.80. The molecule has 1 aromatic carbocycles. The Bertz CT molecular complexity index is 887. The number of hydrogen-bond donors (Lipinski definition) is 2. The average molecular weight is 396 g/mol. The predicted octanol–water partition coefficient (Wildman–Crippen LogP) is 1.07. The molecule has 0 aromatic heterocycles. The molecule has 0 bridgehead atoms. The van der Waals surface area contributed by atoms with Gasteiger partial charge in [0, 0.05) is 31.8 Å². The molecule has 29 heavy (non-hydrogen) atoms. The summed E-state index contributed by atoms with van der Waals surface area (Å²) in [6.45, 7) is 0.0245. The highest BCUT2D eigenvalue weighted by Gasteiger charge is 2.56. The van der Waals surface area contributed by atoms with Gasteiger partial charge in [0.25, 0.3) is 0 Å². The van der Waals surface area contributed by atoms with Crippen LogP contribution < -0.4 is 10.6 Å². The van der Waals surface area contributed by atoms with Gasteiger partial charge in [0.1, 0.15) is 6.04 Å². The molecule has 2 aliphatic heterocycles. The topological polar surface area (TPSA) is 112 Å². The molecule has 2 heterocycles. The van der Waals surface area contributed by atoms with E-state index < -0.39 is 23.3 Å². The molecule has 8 nitrogen and oxygen atoms in total. The number of para-hydroxylation sites is 1. The van der Waals surface area contributed by atoms with Gasteiger partial charge in [-0.3, -0.25) is 14.4 Å². The van der Waals surface area contributed by atoms with E-state index in [1.54, 1.807) is 13.2 Å². The van der Waals surface area contributed by atoms with E-state index in [1.165, 1.54) is 4.90 Å². The number of benzene rings is 1. The molecule has 3 amide bonds. The number of anilines is 1. The third kappa shape index (κ3) is 3.25. The lowest BCUT2D eigenvalue weighted by Gasteiger charge is -2.29. The summed E-state index contributed by atoms with van der Waals surface area (Å²) in [7, 11) is 1.68. The van der Waals surface area contributed by atoms with Crippen LogP contribution in [0, 0.1) is 11.3 Å². The highest BCUT2D eigenvalue weighted by atomic mass is 16.5. The Hall–Kier alpha value is -2.92. The second-order valence-electron chi connectivity index (χ2n) is 8.05. The molecule has 1 saturated heterocycles. The minimum Gasteiger partial charge on any atom is -0.381 e. The number of rotatable bonds is 2. The van der Waals surface area contributed by atoms with Gasteiger partial charge in [0.2, 0.25) is 5.91 Å². The van der Waals surface area contributed by atoms with Crippen molar-refractivity contribution >= 4 is 23.4 Å². The first kappa shape index (κ1) is 19.4. The molecule has 2 atom stereocenters. The highest BCUT2D eigenvalue weighted by Crippen LogP contribution is 2.46. The fourth-order valence-corrected chi connectivity index (χ4v) is 4.79. The zero-order valence-corrected chi connectivity index (χ0v) is 16.3. The van der Waals surface area contributed by atoms with Crippen LogP contribution in [0.2, 0.25) is 0 Å². The molecule has 8 heteroatoms. The van der Waals surface area contributed by atoms with Gasteiger partial charge < -0.3 is 20.3 Å². The second kappa shape index (κ2) is 7.48. The number of likely N-dealkylation sites (tertiary alicyclic amines) is 1. The summed E-state index contributed by atoms with van der Waals surface area (Å²) in [4.78, 5) is 39.5. The fraction of sp³-hybridized carbons (Fsp3) is 0.524. The third-order valence-corrected chi connectivity index (χ3v) is 6.43. The molecule has 2 N–H and O–H groups in total. The summed E-state index contributed by atoms with van der Waals surface area (Å²) in [5, 5.41) is 15.2. The van der Waals surface area contributed by atoms with Crippen LogP contribution in [-0.4, -0.2) is 54.5 Å². The minimum atomic E-state index is -0.983. The van der Waals surface area contributed by atoms with Gasteiger partial charge in [0.15, 0.2) is 0 Å². The van der Waals surface area contributed by atoms with Crippen molar-refractivity contribution in [2.45, 2.75) is 55.7 Å². The number of amides is 3. The molecule has 0 unspecified atom stereocenters. The average Bonchev–Trinajstić information content (AvgIpc) is 3.27. The summed E-state index contributed by atoms with van der Waals surface area (Å²) < 4.78 is 5.33. The summed E-state index contributed by atoms with van der Waals surface area (Å²) in [6.07, 6.45) is 3.55. The van der Waals surface area contributed by atoms with E-state index in [0.29, 0.717) is 5.69 Å². The molecule has 3 aliphatic rings. The van der Waals surface area contributed by atoms with Crippen LogP contribution in [0.4, 0.5) is 5.69 Å². The van der Waals surface area contributed by atoms with Crippen LogP contribution in [0.15, 0.2) is 24.3 Å². The molecule has 0 radical (unpaired) electrons. The van der Waals surface area contributed by atoms with Crippen LogP contribution in [0.3, 0.4) is 0 Å². The van der Waals surface area contributed by atoms with Gasteiger partial charge in [-0.15, -0.1) is 0 Å². The minimum absolute atomic E-state index is 0.0245. The first-order valence-electron chi connectivity index (χ1n) is 9.93. The maximum atomic E-state index is 12.9. The molecule has 1 aliphatic carbocycles. The maximum Gasteiger partial charge on any atom is 0.313 e. The Morgan fingerprint density at radius 1 is 1.28 bits per heavy atom. The van der Waals surface area contributed by atoms with Crippen LogP contribution in [0.1, 0.15) is 37.7 Å². The number of methoxy groups -OCH3 is 1. The van der Waals surface area contributed by atoms with Crippen molar-refractivity contribution in [3.05, 3.63) is 29.8 Å². The Morgan fingerprint density at radius 3 is 2.69 bits per heavy atom. The molecular weight excluding hydrogens is 372 g/mol. The highest BCUT2D eigenvalue weighted by molar-refractivity contribution is 6.35. The molecular formula is C21H24N4O4. The van der Waals surface area contributed by atoms with Crippen molar-refractivity contribution < 1.29 is 19.1 Å². The van der Waals surface area contributed by atoms with Crippen molar-refractivity contribution in [1.82, 2.24) is 10.2 Å². The van der Waals surface area contributed by atoms with Crippen molar-refractivity contribution in [1.29, 1.82) is 5.26 Å². The summed E-state index contributed by atoms with van der Waals surface area (Å²) in [5.41, 5.74) is 0.491. The van der Waals surface area contributed by atoms with E-state index in [0.717, 1.165) is 31.2 Å². The number of ether oxygens (including phenoxy) is 1. The molecule has 1 saturated carbocycles. The normalized spacial score (nSPS) is 30.6. The Balaban J connectivity index is 1.48. The Kier molecular flexibility index (Phi) is 5.01. The van der Waals surface area contributed by atoms with Gasteiger partial charge in [-0.1, -0.05) is 18.2 Å². The molecule has 152 valence electrons.